The van der Waals surface area contributed by atoms with Crippen LogP contribution in [0.3, 0.4) is 0 Å². The average molecular weight is 269 g/mol. The molecule has 1 amide bonds. The molecule has 0 aliphatic rings. The van der Waals surface area contributed by atoms with Crippen molar-refractivity contribution in [1.82, 2.24) is 4.98 Å². The zero-order valence-electron chi connectivity index (χ0n) is 8.98. The summed E-state index contributed by atoms with van der Waals surface area (Å²) in [5, 5.41) is 2.36. The Morgan fingerprint density at radius 1 is 1.33 bits per heavy atom. The lowest BCUT2D eigenvalue weighted by Gasteiger charge is -2.20. The van der Waals surface area contributed by atoms with Crippen LogP contribution < -0.4 is 11.1 Å². The van der Waals surface area contributed by atoms with Crippen molar-refractivity contribution in [2.45, 2.75) is 12.1 Å². The van der Waals surface area contributed by atoms with E-state index in [1.54, 1.807) is 0 Å². The number of pyridine rings is 1. The highest BCUT2D eigenvalue weighted by molar-refractivity contribution is 5.97. The Hall–Kier alpha value is -1.93. The quantitative estimate of drug-likeness (QED) is 0.823. The maximum absolute atomic E-state index is 13.0. The number of aromatic nitrogens is 1. The third kappa shape index (κ3) is 2.34. The summed E-state index contributed by atoms with van der Waals surface area (Å²) >= 11 is 0. The second kappa shape index (κ2) is 4.39. The number of hydrogen-bond acceptors (Lipinski definition) is 3. The molecule has 1 aromatic heterocycles. The topological polar surface area (TPSA) is 68.0 Å². The molecule has 0 aromatic carbocycles. The van der Waals surface area contributed by atoms with E-state index in [-0.39, 0.29) is 5.82 Å². The van der Waals surface area contributed by atoms with Crippen LogP contribution >= 0.6 is 0 Å². The zero-order chi connectivity index (χ0) is 14.1. The number of hydrogen-bond donors (Lipinski definition) is 2. The van der Waals surface area contributed by atoms with Gasteiger partial charge in [0.15, 0.2) is 0 Å². The largest absolute Gasteiger partial charge is 0.458 e. The van der Waals surface area contributed by atoms with Crippen molar-refractivity contribution in [3.63, 3.8) is 0 Å². The molecule has 0 saturated heterocycles. The van der Waals surface area contributed by atoms with Crippen molar-refractivity contribution in [1.29, 1.82) is 0 Å². The van der Waals surface area contributed by atoms with Crippen LogP contribution in [0.4, 0.5) is 27.8 Å². The molecule has 0 bridgehead atoms. The molecular formula is C9H8F5N3O. The van der Waals surface area contributed by atoms with Crippen LogP contribution in [-0.2, 0) is 5.92 Å². The van der Waals surface area contributed by atoms with E-state index in [1.807, 2.05) is 0 Å². The van der Waals surface area contributed by atoms with E-state index in [0.717, 1.165) is 0 Å². The molecule has 0 unspecified atom stereocenters. The third-order valence-electron chi connectivity index (χ3n) is 2.11. The Labute approximate surface area is 98.0 Å². The van der Waals surface area contributed by atoms with Gasteiger partial charge in [0.2, 0.25) is 0 Å². The Kier molecular flexibility index (Phi) is 3.45. The number of primary amides is 1. The maximum Gasteiger partial charge on any atom is 0.458 e. The van der Waals surface area contributed by atoms with Crippen molar-refractivity contribution in [3.8, 4) is 0 Å². The molecule has 0 radical (unpaired) electrons. The van der Waals surface area contributed by atoms with Gasteiger partial charge < -0.3 is 11.1 Å². The monoisotopic (exact) mass is 269 g/mol. The fourth-order valence-corrected chi connectivity index (χ4v) is 1.19. The second-order valence-electron chi connectivity index (χ2n) is 3.31. The molecule has 4 nitrogen and oxygen atoms in total. The van der Waals surface area contributed by atoms with Gasteiger partial charge in [-0.05, 0) is 6.07 Å². The second-order valence-corrected chi connectivity index (χ2v) is 3.31. The minimum absolute atomic E-state index is 0.177. The molecule has 1 aromatic rings. The molecule has 1 heterocycles. The van der Waals surface area contributed by atoms with Crippen molar-refractivity contribution in [3.05, 3.63) is 23.4 Å². The predicted molar refractivity (Wildman–Crippen MR) is 52.3 cm³/mol. The lowest BCUT2D eigenvalue weighted by Crippen LogP contribution is -2.34. The number of amides is 1. The van der Waals surface area contributed by atoms with Gasteiger partial charge >= 0.3 is 12.1 Å². The third-order valence-corrected chi connectivity index (χ3v) is 2.11. The van der Waals surface area contributed by atoms with Crippen LogP contribution in [0.2, 0.25) is 0 Å². The van der Waals surface area contributed by atoms with Gasteiger partial charge in [-0.25, -0.2) is 4.98 Å². The van der Waals surface area contributed by atoms with E-state index in [2.05, 4.69) is 10.3 Å². The van der Waals surface area contributed by atoms with Crippen molar-refractivity contribution < 1.29 is 26.7 Å². The van der Waals surface area contributed by atoms with E-state index in [1.165, 1.54) is 7.05 Å². The predicted octanol–water partition coefficient (Wildman–Crippen LogP) is 1.88. The summed E-state index contributed by atoms with van der Waals surface area (Å²) < 4.78 is 62.4. The lowest BCUT2D eigenvalue weighted by atomic mass is 10.1. The SMILES string of the molecule is CNc1ncc(C(F)(F)C(F)(F)F)cc1C(N)=O. The number of halogens is 5. The molecule has 100 valence electrons. The Morgan fingerprint density at radius 3 is 2.28 bits per heavy atom. The normalized spacial score (nSPS) is 12.3. The summed E-state index contributed by atoms with van der Waals surface area (Å²) in [6, 6.07) is 0.370. The summed E-state index contributed by atoms with van der Waals surface area (Å²) in [5.41, 5.74) is 2.88. The van der Waals surface area contributed by atoms with E-state index in [4.69, 9.17) is 5.73 Å². The van der Waals surface area contributed by atoms with E-state index in [9.17, 15) is 26.7 Å². The number of nitrogens with two attached hydrogens (primary N) is 1. The number of nitrogens with one attached hydrogen (secondary N) is 1. The van der Waals surface area contributed by atoms with E-state index < -0.39 is 29.1 Å². The first kappa shape index (κ1) is 14.1. The van der Waals surface area contributed by atoms with Gasteiger partial charge in [-0.1, -0.05) is 0 Å². The van der Waals surface area contributed by atoms with E-state index >= 15 is 0 Å². The first-order chi connectivity index (χ1) is 8.11. The Balaban J connectivity index is 3.37. The number of anilines is 1. The summed E-state index contributed by atoms with van der Waals surface area (Å²) in [6.07, 6.45) is -5.43. The van der Waals surface area contributed by atoms with Gasteiger partial charge in [-0.2, -0.15) is 22.0 Å². The van der Waals surface area contributed by atoms with Crippen LogP contribution in [0, 0.1) is 0 Å². The number of rotatable bonds is 3. The Bertz CT molecular complexity index is 472. The lowest BCUT2D eigenvalue weighted by molar-refractivity contribution is -0.289. The maximum atomic E-state index is 13.0. The van der Waals surface area contributed by atoms with Gasteiger partial charge in [0.25, 0.3) is 5.91 Å². The van der Waals surface area contributed by atoms with Crippen LogP contribution in [0.15, 0.2) is 12.3 Å². The molecule has 0 spiro atoms. The first-order valence-corrected chi connectivity index (χ1v) is 4.54. The molecule has 0 aliphatic heterocycles. The molecule has 0 atom stereocenters. The smallest absolute Gasteiger partial charge is 0.372 e. The summed E-state index contributed by atoms with van der Waals surface area (Å²) in [4.78, 5) is 14.2. The number of nitrogens with zero attached hydrogens (tertiary/aromatic N) is 1. The minimum atomic E-state index is -5.77. The minimum Gasteiger partial charge on any atom is -0.372 e. The zero-order valence-corrected chi connectivity index (χ0v) is 8.98. The van der Waals surface area contributed by atoms with Gasteiger partial charge in [0.1, 0.15) is 5.82 Å². The first-order valence-electron chi connectivity index (χ1n) is 4.54. The summed E-state index contributed by atoms with van der Waals surface area (Å²) in [6.45, 7) is 0. The van der Waals surface area contributed by atoms with Crippen LogP contribution in [-0.4, -0.2) is 24.1 Å². The molecule has 3 N–H and O–H groups in total. The van der Waals surface area contributed by atoms with Crippen molar-refractivity contribution >= 4 is 11.7 Å². The Morgan fingerprint density at radius 2 is 1.89 bits per heavy atom. The van der Waals surface area contributed by atoms with E-state index in [0.29, 0.717) is 12.3 Å². The molecule has 0 aliphatic carbocycles. The van der Waals surface area contributed by atoms with Crippen LogP contribution in [0.5, 0.6) is 0 Å². The highest BCUT2D eigenvalue weighted by atomic mass is 19.4. The fraction of sp³-hybridized carbons (Fsp3) is 0.333. The van der Waals surface area contributed by atoms with Gasteiger partial charge in [0, 0.05) is 18.8 Å². The number of carbonyl (C=O) groups excluding carboxylic acids is 1. The average Bonchev–Trinajstić information content (AvgIpc) is 2.26. The van der Waals surface area contributed by atoms with Gasteiger partial charge in [-0.15, -0.1) is 0 Å². The highest BCUT2D eigenvalue weighted by Gasteiger charge is 2.59. The van der Waals surface area contributed by atoms with Crippen LogP contribution in [0.25, 0.3) is 0 Å². The highest BCUT2D eigenvalue weighted by Crippen LogP contribution is 2.44. The summed E-state index contributed by atoms with van der Waals surface area (Å²) in [7, 11) is 1.32. The van der Waals surface area contributed by atoms with Gasteiger partial charge in [-0.3, -0.25) is 4.79 Å². The van der Waals surface area contributed by atoms with Gasteiger partial charge in [0.05, 0.1) is 5.56 Å². The fourth-order valence-electron chi connectivity index (χ4n) is 1.19. The number of alkyl halides is 5. The standard InChI is InChI=1S/C9H8F5N3O/c1-16-7-5(6(15)18)2-4(3-17-7)8(10,11)9(12,13)14/h2-3H,1H3,(H2,15,18)(H,16,17). The number of carbonyl (C=O) groups is 1. The molecule has 18 heavy (non-hydrogen) atoms. The molecule has 9 heteroatoms. The molecular weight excluding hydrogens is 261 g/mol. The molecule has 1 rings (SSSR count). The van der Waals surface area contributed by atoms with Crippen molar-refractivity contribution in [2.75, 3.05) is 12.4 Å². The molecule has 0 saturated carbocycles. The molecule has 0 fully saturated rings. The summed E-state index contributed by atoms with van der Waals surface area (Å²) in [5.74, 6) is -6.44. The van der Waals surface area contributed by atoms with Crippen LogP contribution in [0.1, 0.15) is 15.9 Å². The van der Waals surface area contributed by atoms with Crippen molar-refractivity contribution in [2.24, 2.45) is 5.73 Å².